The summed E-state index contributed by atoms with van der Waals surface area (Å²) in [5.74, 6) is -1.33. The van der Waals surface area contributed by atoms with E-state index >= 15 is 0 Å². The molecular weight excluding hydrogens is 661 g/mol. The molecule has 2 aromatic carbocycles. The predicted molar refractivity (Wildman–Crippen MR) is 182 cm³/mol. The van der Waals surface area contributed by atoms with Crippen molar-refractivity contribution in [1.29, 1.82) is 0 Å². The summed E-state index contributed by atoms with van der Waals surface area (Å²) in [6.45, 7) is 2.82. The molecule has 3 aliphatic rings. The number of ether oxygens (including phenoxy) is 1. The number of amides is 2. The fourth-order valence-electron chi connectivity index (χ4n) is 6.34. The number of rotatable bonds is 6. The van der Waals surface area contributed by atoms with Crippen molar-refractivity contribution in [2.45, 2.75) is 45.2 Å². The number of aromatic nitrogens is 2. The molecule has 10 nitrogen and oxygen atoms in total. The number of carbonyl (C=O) groups is 3. The van der Waals surface area contributed by atoms with Gasteiger partial charge in [0.05, 0.1) is 23.3 Å². The van der Waals surface area contributed by atoms with Crippen molar-refractivity contribution >= 4 is 64.5 Å². The molecule has 244 valence electrons. The van der Waals surface area contributed by atoms with E-state index in [0.717, 1.165) is 46.4 Å². The molecule has 2 amide bonds. The van der Waals surface area contributed by atoms with Gasteiger partial charge in [0.2, 0.25) is 0 Å². The average molecular weight is 695 g/mol. The molecule has 1 aromatic heterocycles. The molecule has 1 aliphatic carbocycles. The monoisotopic (exact) mass is 693 g/mol. The second-order valence-electron chi connectivity index (χ2n) is 11.9. The molecule has 47 heavy (non-hydrogen) atoms. The first-order chi connectivity index (χ1) is 22.5. The minimum absolute atomic E-state index is 0.0276. The van der Waals surface area contributed by atoms with Gasteiger partial charge in [-0.05, 0) is 85.7 Å². The smallest absolute Gasteiger partial charge is 0.330 e. The highest BCUT2D eigenvalue weighted by molar-refractivity contribution is 7.99. The van der Waals surface area contributed by atoms with Crippen LogP contribution in [0.4, 0.5) is 0 Å². The molecule has 3 aromatic rings. The topological polar surface area (TPSA) is 114 Å². The van der Waals surface area contributed by atoms with Crippen LogP contribution in [0.25, 0.3) is 6.08 Å². The fourth-order valence-corrected chi connectivity index (χ4v) is 7.73. The van der Waals surface area contributed by atoms with E-state index in [2.05, 4.69) is 11.2 Å². The van der Waals surface area contributed by atoms with Gasteiger partial charge in [-0.3, -0.25) is 14.4 Å². The number of esters is 1. The molecule has 2 aliphatic heterocycles. The lowest BCUT2D eigenvalue weighted by molar-refractivity contribution is -0.155. The van der Waals surface area contributed by atoms with Crippen LogP contribution in [-0.4, -0.2) is 67.5 Å². The van der Waals surface area contributed by atoms with Gasteiger partial charge in [0.15, 0.2) is 6.61 Å². The molecule has 13 heteroatoms. The SMILES string of the molecule is Cc1nn(C)c(=O)c(C(=O)N2CSCC2C(=O)OCC(=O)N2N=C3/C(=C\c4ccc(Cl)cc4)CCCC3C2c2ccc(Cl)cc2)c1C. The molecule has 1 saturated carbocycles. The summed E-state index contributed by atoms with van der Waals surface area (Å²) in [4.78, 5) is 54.9. The number of hydrazone groups is 1. The Balaban J connectivity index is 1.23. The van der Waals surface area contributed by atoms with E-state index in [4.69, 9.17) is 33.0 Å². The van der Waals surface area contributed by atoms with Crippen molar-refractivity contribution in [3.8, 4) is 0 Å². The largest absolute Gasteiger partial charge is 0.454 e. The van der Waals surface area contributed by atoms with Crippen LogP contribution in [-0.2, 0) is 21.4 Å². The molecule has 2 fully saturated rings. The Labute approximate surface area is 286 Å². The highest BCUT2D eigenvalue weighted by Crippen LogP contribution is 2.44. The molecule has 0 bridgehead atoms. The summed E-state index contributed by atoms with van der Waals surface area (Å²) < 4.78 is 6.68. The first-order valence-electron chi connectivity index (χ1n) is 15.3. The number of fused-ring (bicyclic) bond motifs is 1. The van der Waals surface area contributed by atoms with Crippen LogP contribution in [0, 0.1) is 19.8 Å². The second-order valence-corrected chi connectivity index (χ2v) is 13.7. The van der Waals surface area contributed by atoms with Crippen LogP contribution < -0.4 is 5.56 Å². The van der Waals surface area contributed by atoms with Gasteiger partial charge in [-0.2, -0.15) is 10.2 Å². The minimum atomic E-state index is -0.952. The third-order valence-corrected chi connectivity index (χ3v) is 10.4. The zero-order valence-corrected chi connectivity index (χ0v) is 28.4. The Morgan fingerprint density at radius 2 is 1.72 bits per heavy atom. The molecule has 6 rings (SSSR count). The van der Waals surface area contributed by atoms with Crippen LogP contribution >= 0.6 is 35.0 Å². The van der Waals surface area contributed by atoms with Crippen LogP contribution in [0.5, 0.6) is 0 Å². The summed E-state index contributed by atoms with van der Waals surface area (Å²) >= 11 is 13.7. The zero-order valence-electron chi connectivity index (χ0n) is 26.1. The third-order valence-electron chi connectivity index (χ3n) is 8.87. The standard InChI is InChI=1S/C34H33Cl2N5O5S/c1-19-20(2)37-39(3)32(43)29(19)33(44)40-18-47-17-27(40)34(45)46-16-28(42)41-31(22-9-13-25(36)14-10-22)26-6-4-5-23(30(26)38-41)15-21-7-11-24(35)12-8-21/h7-15,26-27,31H,4-6,16-18H2,1-3H3/b23-15-. The maximum Gasteiger partial charge on any atom is 0.330 e. The average Bonchev–Trinajstić information content (AvgIpc) is 3.71. The maximum absolute atomic E-state index is 13.8. The second kappa shape index (κ2) is 13.7. The van der Waals surface area contributed by atoms with E-state index in [1.54, 1.807) is 26.0 Å². The van der Waals surface area contributed by atoms with Gasteiger partial charge in [0.1, 0.15) is 11.6 Å². The first-order valence-corrected chi connectivity index (χ1v) is 17.2. The van der Waals surface area contributed by atoms with Gasteiger partial charge in [0, 0.05) is 28.8 Å². The van der Waals surface area contributed by atoms with Crippen molar-refractivity contribution in [2.24, 2.45) is 18.1 Å². The normalized spacial score (nSPS) is 21.5. The van der Waals surface area contributed by atoms with Gasteiger partial charge < -0.3 is 9.64 Å². The number of carbonyl (C=O) groups excluding carboxylic acids is 3. The van der Waals surface area contributed by atoms with E-state index in [9.17, 15) is 19.2 Å². The Morgan fingerprint density at radius 3 is 2.43 bits per heavy atom. The first kappa shape index (κ1) is 33.0. The van der Waals surface area contributed by atoms with Crippen molar-refractivity contribution in [2.75, 3.05) is 18.2 Å². The molecule has 3 heterocycles. The number of benzene rings is 2. The van der Waals surface area contributed by atoms with E-state index in [1.807, 2.05) is 36.4 Å². The summed E-state index contributed by atoms with van der Waals surface area (Å²) in [6, 6.07) is 13.5. The maximum atomic E-state index is 13.8. The van der Waals surface area contributed by atoms with Gasteiger partial charge >= 0.3 is 5.97 Å². The van der Waals surface area contributed by atoms with Gasteiger partial charge in [-0.15, -0.1) is 11.8 Å². The highest BCUT2D eigenvalue weighted by Gasteiger charge is 2.44. The van der Waals surface area contributed by atoms with E-state index in [-0.39, 0.29) is 23.1 Å². The molecule has 3 unspecified atom stereocenters. The van der Waals surface area contributed by atoms with Gasteiger partial charge in [-0.25, -0.2) is 14.5 Å². The van der Waals surface area contributed by atoms with Crippen LogP contribution in [0.2, 0.25) is 10.0 Å². The molecule has 3 atom stereocenters. The zero-order chi connectivity index (χ0) is 33.4. The third kappa shape index (κ3) is 6.61. The Kier molecular flexibility index (Phi) is 9.59. The van der Waals surface area contributed by atoms with Crippen molar-refractivity contribution in [3.05, 3.63) is 102 Å². The fraction of sp³-hybridized carbons (Fsp3) is 0.353. The van der Waals surface area contributed by atoms with Gasteiger partial charge in [0.25, 0.3) is 17.4 Å². The molecule has 0 radical (unpaired) electrons. The summed E-state index contributed by atoms with van der Waals surface area (Å²) in [6.07, 6.45) is 4.65. The van der Waals surface area contributed by atoms with Gasteiger partial charge in [-0.1, -0.05) is 47.5 Å². The van der Waals surface area contributed by atoms with Crippen molar-refractivity contribution in [3.63, 3.8) is 0 Å². The quantitative estimate of drug-likeness (QED) is 0.310. The number of nitrogens with zero attached hydrogens (tertiary/aromatic N) is 5. The number of allylic oxidation sites excluding steroid dienone is 1. The lowest BCUT2D eigenvalue weighted by Gasteiger charge is -2.29. The lowest BCUT2D eigenvalue weighted by atomic mass is 9.77. The Bertz CT molecular complexity index is 1860. The number of thioether (sulfide) groups is 1. The van der Waals surface area contributed by atoms with E-state index < -0.39 is 42.0 Å². The van der Waals surface area contributed by atoms with Crippen LogP contribution in [0.3, 0.4) is 0 Å². The molecule has 1 saturated heterocycles. The Morgan fingerprint density at radius 1 is 1.04 bits per heavy atom. The number of halogens is 2. The van der Waals surface area contributed by atoms with Crippen LogP contribution in [0.15, 0.2) is 64.0 Å². The van der Waals surface area contributed by atoms with E-state index in [0.29, 0.717) is 21.3 Å². The van der Waals surface area contributed by atoms with Crippen molar-refractivity contribution < 1.29 is 19.1 Å². The predicted octanol–water partition coefficient (Wildman–Crippen LogP) is 5.59. The lowest BCUT2D eigenvalue weighted by Crippen LogP contribution is -2.46. The minimum Gasteiger partial charge on any atom is -0.454 e. The molecule has 0 spiro atoms. The van der Waals surface area contributed by atoms with E-state index in [1.165, 1.54) is 28.7 Å². The summed E-state index contributed by atoms with van der Waals surface area (Å²) in [5, 5.41) is 11.6. The van der Waals surface area contributed by atoms with Crippen LogP contribution in [0.1, 0.15) is 58.0 Å². The number of hydrogen-bond acceptors (Lipinski definition) is 8. The summed E-state index contributed by atoms with van der Waals surface area (Å²) in [5.41, 5.74) is 4.17. The highest BCUT2D eigenvalue weighted by atomic mass is 35.5. The molecular formula is C34H33Cl2N5O5S. The number of aryl methyl sites for hydroxylation is 2. The number of hydrogen-bond donors (Lipinski definition) is 0. The molecule has 0 N–H and O–H groups in total. The van der Waals surface area contributed by atoms with Crippen molar-refractivity contribution in [1.82, 2.24) is 19.7 Å². The summed E-state index contributed by atoms with van der Waals surface area (Å²) in [7, 11) is 1.48. The Hall–Kier alpha value is -3.93.